The van der Waals surface area contributed by atoms with E-state index in [1.165, 1.54) is 11.3 Å². The summed E-state index contributed by atoms with van der Waals surface area (Å²) in [7, 11) is 0. The molecule has 0 aromatic carbocycles. The number of nitrogens with two attached hydrogens (primary N) is 1. The lowest BCUT2D eigenvalue weighted by atomic mass is 10.5. The Bertz CT molecular complexity index is 296. The Morgan fingerprint density at radius 2 is 2.75 bits per heavy atom. The van der Waals surface area contributed by atoms with E-state index >= 15 is 0 Å². The zero-order valence-corrected chi connectivity index (χ0v) is 7.01. The average molecular weight is 181 g/mol. The van der Waals surface area contributed by atoms with Crippen LogP contribution in [-0.4, -0.2) is 10.9 Å². The Morgan fingerprint density at radius 1 is 1.92 bits per heavy atom. The fraction of sp³-hybridized carbons (Fsp3) is 0.167. The van der Waals surface area contributed by atoms with Gasteiger partial charge < -0.3 is 11.1 Å². The van der Waals surface area contributed by atoms with Crippen LogP contribution >= 0.6 is 11.3 Å². The molecule has 6 heteroatoms. The lowest BCUT2D eigenvalue weighted by Gasteiger charge is -1.99. The minimum Gasteiger partial charge on any atom is -0.369 e. The van der Waals surface area contributed by atoms with Crippen molar-refractivity contribution in [2.75, 3.05) is 0 Å². The first kappa shape index (κ1) is 8.49. The van der Waals surface area contributed by atoms with Crippen molar-refractivity contribution in [2.24, 2.45) is 10.7 Å². The van der Waals surface area contributed by atoms with Crippen molar-refractivity contribution in [3.63, 3.8) is 0 Å². The van der Waals surface area contributed by atoms with Crippen molar-refractivity contribution in [3.05, 3.63) is 16.6 Å². The van der Waals surface area contributed by atoms with E-state index in [9.17, 15) is 0 Å². The fourth-order valence-electron chi connectivity index (χ4n) is 0.600. The summed E-state index contributed by atoms with van der Waals surface area (Å²) >= 11 is 1.52. The number of thiazole rings is 1. The van der Waals surface area contributed by atoms with Crippen molar-refractivity contribution in [1.82, 2.24) is 10.3 Å². The molecule has 0 bridgehead atoms. The minimum absolute atomic E-state index is 0.130. The molecule has 0 unspecified atom stereocenters. The second kappa shape index (κ2) is 4.31. The highest BCUT2D eigenvalue weighted by Crippen LogP contribution is 2.03. The lowest BCUT2D eigenvalue weighted by molar-refractivity contribution is 0.919. The SMILES string of the molecule is N#CN=C(N)NCc1cncs1. The van der Waals surface area contributed by atoms with E-state index in [0.717, 1.165) is 4.88 Å². The Balaban J connectivity index is 2.37. The van der Waals surface area contributed by atoms with Gasteiger partial charge in [0.2, 0.25) is 12.2 Å². The van der Waals surface area contributed by atoms with Gasteiger partial charge in [-0.25, -0.2) is 0 Å². The van der Waals surface area contributed by atoms with E-state index in [1.807, 2.05) is 0 Å². The number of aliphatic imine (C=N–C) groups is 1. The Kier molecular flexibility index (Phi) is 3.04. The zero-order chi connectivity index (χ0) is 8.81. The van der Waals surface area contributed by atoms with Gasteiger partial charge in [-0.3, -0.25) is 4.98 Å². The number of nitrogens with zero attached hydrogens (tertiary/aromatic N) is 3. The minimum atomic E-state index is 0.130. The van der Waals surface area contributed by atoms with Crippen molar-refractivity contribution in [3.8, 4) is 6.19 Å². The summed E-state index contributed by atoms with van der Waals surface area (Å²) in [5, 5.41) is 10.9. The second-order valence-corrected chi connectivity index (χ2v) is 2.89. The maximum absolute atomic E-state index is 8.13. The normalized spacial score (nSPS) is 10.8. The van der Waals surface area contributed by atoms with Crippen LogP contribution in [0, 0.1) is 11.5 Å². The molecule has 0 aliphatic heterocycles. The molecule has 62 valence electrons. The number of hydrogen-bond acceptors (Lipinski definition) is 4. The Morgan fingerprint density at radius 3 is 3.33 bits per heavy atom. The van der Waals surface area contributed by atoms with Crippen LogP contribution in [0.4, 0.5) is 0 Å². The van der Waals surface area contributed by atoms with E-state index in [1.54, 1.807) is 17.9 Å². The van der Waals surface area contributed by atoms with E-state index in [0.29, 0.717) is 6.54 Å². The van der Waals surface area contributed by atoms with Gasteiger partial charge in [-0.2, -0.15) is 5.26 Å². The van der Waals surface area contributed by atoms with Gasteiger partial charge in [-0.1, -0.05) is 0 Å². The molecular formula is C6H7N5S. The summed E-state index contributed by atoms with van der Waals surface area (Å²) in [4.78, 5) is 8.22. The monoisotopic (exact) mass is 181 g/mol. The average Bonchev–Trinajstić information content (AvgIpc) is 2.53. The first-order valence-corrected chi connectivity index (χ1v) is 4.04. The highest BCUT2D eigenvalue weighted by atomic mass is 32.1. The van der Waals surface area contributed by atoms with Crippen LogP contribution in [-0.2, 0) is 6.54 Å². The predicted octanol–water partition coefficient (Wildman–Crippen LogP) is 0.0285. The summed E-state index contributed by atoms with van der Waals surface area (Å²) in [6, 6.07) is 0. The van der Waals surface area contributed by atoms with Gasteiger partial charge >= 0.3 is 0 Å². The van der Waals surface area contributed by atoms with Gasteiger partial charge in [0.25, 0.3) is 0 Å². The Hall–Kier alpha value is -1.61. The van der Waals surface area contributed by atoms with E-state index in [4.69, 9.17) is 11.0 Å². The van der Waals surface area contributed by atoms with Crippen LogP contribution in [0.2, 0.25) is 0 Å². The quantitative estimate of drug-likeness (QED) is 0.383. The van der Waals surface area contributed by atoms with Gasteiger partial charge in [0.1, 0.15) is 0 Å². The van der Waals surface area contributed by atoms with Crippen LogP contribution in [0.15, 0.2) is 16.7 Å². The number of hydrogen-bond donors (Lipinski definition) is 2. The molecule has 0 saturated carbocycles. The number of nitrogens with one attached hydrogen (secondary N) is 1. The molecule has 0 atom stereocenters. The van der Waals surface area contributed by atoms with Crippen LogP contribution in [0.3, 0.4) is 0 Å². The third-order valence-corrected chi connectivity index (χ3v) is 1.88. The van der Waals surface area contributed by atoms with E-state index in [2.05, 4.69) is 15.3 Å². The summed E-state index contributed by atoms with van der Waals surface area (Å²) in [5.41, 5.74) is 7.03. The molecule has 5 nitrogen and oxygen atoms in total. The summed E-state index contributed by atoms with van der Waals surface area (Å²) < 4.78 is 0. The van der Waals surface area contributed by atoms with Crippen molar-refractivity contribution >= 4 is 17.3 Å². The topological polar surface area (TPSA) is 87.1 Å². The highest BCUT2D eigenvalue weighted by molar-refractivity contribution is 7.09. The molecule has 0 aliphatic rings. The molecule has 1 heterocycles. The third kappa shape index (κ3) is 2.56. The number of guanidine groups is 1. The van der Waals surface area contributed by atoms with Gasteiger partial charge in [-0.15, -0.1) is 16.3 Å². The van der Waals surface area contributed by atoms with Crippen LogP contribution in [0.25, 0.3) is 0 Å². The summed E-state index contributed by atoms with van der Waals surface area (Å²) in [6.07, 6.45) is 3.32. The van der Waals surface area contributed by atoms with Crippen LogP contribution in [0.1, 0.15) is 4.88 Å². The van der Waals surface area contributed by atoms with Gasteiger partial charge in [0.05, 0.1) is 12.1 Å². The van der Waals surface area contributed by atoms with Crippen molar-refractivity contribution in [2.45, 2.75) is 6.54 Å². The van der Waals surface area contributed by atoms with Crippen molar-refractivity contribution in [1.29, 1.82) is 5.26 Å². The molecular weight excluding hydrogens is 174 g/mol. The molecule has 12 heavy (non-hydrogen) atoms. The third-order valence-electron chi connectivity index (χ3n) is 1.10. The molecule has 0 saturated heterocycles. The molecule has 0 radical (unpaired) electrons. The van der Waals surface area contributed by atoms with Gasteiger partial charge in [0, 0.05) is 11.1 Å². The highest BCUT2D eigenvalue weighted by Gasteiger charge is 1.94. The summed E-state index contributed by atoms with van der Waals surface area (Å²) in [6.45, 7) is 0.557. The van der Waals surface area contributed by atoms with Crippen LogP contribution in [0.5, 0.6) is 0 Å². The molecule has 1 rings (SSSR count). The Labute approximate surface area is 73.6 Å². The summed E-state index contributed by atoms with van der Waals surface area (Å²) in [5.74, 6) is 0.130. The zero-order valence-electron chi connectivity index (χ0n) is 6.19. The number of aromatic nitrogens is 1. The lowest BCUT2D eigenvalue weighted by Crippen LogP contribution is -2.30. The van der Waals surface area contributed by atoms with Gasteiger partial charge in [-0.05, 0) is 0 Å². The second-order valence-electron chi connectivity index (χ2n) is 1.92. The molecule has 0 fully saturated rings. The molecule has 0 spiro atoms. The van der Waals surface area contributed by atoms with E-state index < -0.39 is 0 Å². The molecule has 0 amide bonds. The first-order chi connectivity index (χ1) is 5.83. The number of nitriles is 1. The maximum Gasteiger partial charge on any atom is 0.209 e. The maximum atomic E-state index is 8.13. The first-order valence-electron chi connectivity index (χ1n) is 3.16. The molecule has 0 aliphatic carbocycles. The van der Waals surface area contributed by atoms with Gasteiger partial charge in [0.15, 0.2) is 0 Å². The smallest absolute Gasteiger partial charge is 0.209 e. The molecule has 1 aromatic rings. The molecule has 1 aromatic heterocycles. The van der Waals surface area contributed by atoms with Crippen LogP contribution < -0.4 is 11.1 Å². The van der Waals surface area contributed by atoms with E-state index in [-0.39, 0.29) is 5.96 Å². The largest absolute Gasteiger partial charge is 0.369 e. The predicted molar refractivity (Wildman–Crippen MR) is 46.2 cm³/mol. The molecule has 3 N–H and O–H groups in total. The fourth-order valence-corrected chi connectivity index (χ4v) is 1.13. The van der Waals surface area contributed by atoms with Crippen molar-refractivity contribution < 1.29 is 0 Å². The number of rotatable bonds is 2. The standard InChI is InChI=1S/C6H7N5S/c7-3-11-6(8)10-2-5-1-9-4-12-5/h1,4H,2H2,(H3,8,10,11).